The largest absolute Gasteiger partial charge is 0.300 e. The molecule has 0 radical (unpaired) electrons. The molecule has 11 heavy (non-hydrogen) atoms. The predicted molar refractivity (Wildman–Crippen MR) is 42.1 cm³/mol. The van der Waals surface area contributed by atoms with Gasteiger partial charge in [-0.3, -0.25) is 0 Å². The molecule has 64 valence electrons. The number of carbonyl (C=O) groups excluding carboxylic acids is 1. The minimum Gasteiger partial charge on any atom is -0.300 e. The molecule has 1 heterocycles. The third-order valence-electron chi connectivity index (χ3n) is 1.90. The number of Topliss-reactive ketones (excluding diaryl/α,β-unsaturated/α-hetero) is 1. The van der Waals surface area contributed by atoms with Crippen molar-refractivity contribution in [2.24, 2.45) is 5.92 Å². The Kier molecular flexibility index (Phi) is 2.32. The summed E-state index contributed by atoms with van der Waals surface area (Å²) in [5.74, 6) is 0.668. The van der Waals surface area contributed by atoms with Crippen molar-refractivity contribution >= 4 is 15.6 Å². The van der Waals surface area contributed by atoms with Crippen molar-refractivity contribution in [1.82, 2.24) is 0 Å². The summed E-state index contributed by atoms with van der Waals surface area (Å²) in [5, 5.41) is 0. The van der Waals surface area contributed by atoms with Gasteiger partial charge in [0.1, 0.15) is 5.78 Å². The fourth-order valence-electron chi connectivity index (χ4n) is 1.44. The van der Waals surface area contributed by atoms with Gasteiger partial charge in [0, 0.05) is 6.42 Å². The molecule has 3 nitrogen and oxygen atoms in total. The van der Waals surface area contributed by atoms with Crippen LogP contribution in [0.4, 0.5) is 0 Å². The highest BCUT2D eigenvalue weighted by atomic mass is 32.2. The molecule has 1 aliphatic rings. The Morgan fingerprint density at radius 3 is 2.55 bits per heavy atom. The molecule has 0 N–H and O–H groups in total. The molecule has 1 unspecified atom stereocenters. The second-order valence-corrected chi connectivity index (χ2v) is 5.40. The van der Waals surface area contributed by atoms with Gasteiger partial charge in [-0.15, -0.1) is 0 Å². The van der Waals surface area contributed by atoms with Crippen LogP contribution in [-0.2, 0) is 14.6 Å². The Labute approximate surface area is 66.7 Å². The molecule has 0 bridgehead atoms. The van der Waals surface area contributed by atoms with Crippen LogP contribution >= 0.6 is 0 Å². The number of ketones is 1. The Bertz CT molecular complexity index is 253. The van der Waals surface area contributed by atoms with Crippen LogP contribution in [0.2, 0.25) is 0 Å². The molecule has 0 saturated carbocycles. The summed E-state index contributed by atoms with van der Waals surface area (Å²) < 4.78 is 21.8. The summed E-state index contributed by atoms with van der Waals surface area (Å²) in [7, 11) is -2.79. The van der Waals surface area contributed by atoms with Gasteiger partial charge in [0.25, 0.3) is 0 Å². The van der Waals surface area contributed by atoms with Crippen LogP contribution in [0.1, 0.15) is 19.8 Å². The van der Waals surface area contributed by atoms with E-state index in [0.29, 0.717) is 12.8 Å². The maximum atomic E-state index is 10.9. The minimum absolute atomic E-state index is 0.0899. The number of carbonyl (C=O) groups is 1. The van der Waals surface area contributed by atoms with Gasteiger partial charge in [0.2, 0.25) is 0 Å². The monoisotopic (exact) mass is 176 g/mol. The lowest BCUT2D eigenvalue weighted by molar-refractivity contribution is -0.117. The van der Waals surface area contributed by atoms with E-state index in [2.05, 4.69) is 0 Å². The third-order valence-corrected chi connectivity index (χ3v) is 3.74. The first kappa shape index (κ1) is 8.71. The average molecular weight is 176 g/mol. The second-order valence-electron chi connectivity index (χ2n) is 3.18. The van der Waals surface area contributed by atoms with E-state index in [1.807, 2.05) is 0 Å². The van der Waals surface area contributed by atoms with E-state index < -0.39 is 9.84 Å². The minimum atomic E-state index is -2.79. The van der Waals surface area contributed by atoms with Crippen LogP contribution in [0.25, 0.3) is 0 Å². The van der Waals surface area contributed by atoms with Gasteiger partial charge in [-0.25, -0.2) is 8.42 Å². The predicted octanol–water partition coefficient (Wildman–Crippen LogP) is 0.400. The number of hydrogen-bond donors (Lipinski definition) is 0. The molecule has 1 rings (SSSR count). The van der Waals surface area contributed by atoms with Gasteiger partial charge in [-0.2, -0.15) is 0 Å². The lowest BCUT2D eigenvalue weighted by Crippen LogP contribution is -2.07. The number of hydrogen-bond acceptors (Lipinski definition) is 3. The Morgan fingerprint density at radius 2 is 2.18 bits per heavy atom. The molecule has 1 fully saturated rings. The molecule has 0 aliphatic carbocycles. The van der Waals surface area contributed by atoms with E-state index >= 15 is 0 Å². The fourth-order valence-corrected chi connectivity index (χ4v) is 3.30. The summed E-state index contributed by atoms with van der Waals surface area (Å²) in [5.41, 5.74) is 0. The van der Waals surface area contributed by atoms with Crippen molar-refractivity contribution in [3.05, 3.63) is 0 Å². The highest BCUT2D eigenvalue weighted by Crippen LogP contribution is 2.21. The fraction of sp³-hybridized carbons (Fsp3) is 0.857. The van der Waals surface area contributed by atoms with Gasteiger partial charge < -0.3 is 4.79 Å². The van der Waals surface area contributed by atoms with Crippen molar-refractivity contribution in [3.8, 4) is 0 Å². The molecule has 1 saturated heterocycles. The first-order valence-electron chi connectivity index (χ1n) is 3.69. The van der Waals surface area contributed by atoms with E-state index in [1.165, 1.54) is 6.92 Å². The Hall–Kier alpha value is -0.380. The third kappa shape index (κ3) is 2.61. The maximum absolute atomic E-state index is 10.9. The van der Waals surface area contributed by atoms with Crippen molar-refractivity contribution in [1.29, 1.82) is 0 Å². The molecule has 0 amide bonds. The zero-order chi connectivity index (χ0) is 8.48. The Morgan fingerprint density at radius 1 is 1.55 bits per heavy atom. The summed E-state index contributed by atoms with van der Waals surface area (Å²) in [6.07, 6.45) is 1.10. The quantitative estimate of drug-likeness (QED) is 0.612. The molecule has 0 spiro atoms. The van der Waals surface area contributed by atoms with Crippen molar-refractivity contribution in [3.63, 3.8) is 0 Å². The van der Waals surface area contributed by atoms with Gasteiger partial charge in [0.05, 0.1) is 11.5 Å². The van der Waals surface area contributed by atoms with Crippen LogP contribution < -0.4 is 0 Å². The molecule has 0 aromatic carbocycles. The first-order chi connectivity index (χ1) is 4.99. The molecule has 1 aliphatic heterocycles. The topological polar surface area (TPSA) is 51.2 Å². The number of sulfone groups is 1. The summed E-state index contributed by atoms with van der Waals surface area (Å²) in [4.78, 5) is 10.6. The molecular formula is C7H12O3S. The summed E-state index contributed by atoms with van der Waals surface area (Å²) >= 11 is 0. The molecule has 1 atom stereocenters. The van der Waals surface area contributed by atoms with Crippen molar-refractivity contribution in [2.75, 3.05) is 11.5 Å². The van der Waals surface area contributed by atoms with E-state index in [9.17, 15) is 13.2 Å². The molecule has 0 aromatic rings. The first-order valence-corrected chi connectivity index (χ1v) is 5.51. The average Bonchev–Trinajstić information content (AvgIpc) is 2.08. The van der Waals surface area contributed by atoms with Crippen LogP contribution in [-0.4, -0.2) is 25.7 Å². The lowest BCUT2D eigenvalue weighted by Gasteiger charge is -2.01. The van der Waals surface area contributed by atoms with Gasteiger partial charge in [-0.1, -0.05) is 0 Å². The van der Waals surface area contributed by atoms with Gasteiger partial charge >= 0.3 is 0 Å². The highest BCUT2D eigenvalue weighted by molar-refractivity contribution is 7.91. The van der Waals surface area contributed by atoms with Gasteiger partial charge in [0.15, 0.2) is 9.84 Å². The van der Waals surface area contributed by atoms with Gasteiger partial charge in [-0.05, 0) is 19.3 Å². The standard InChI is InChI=1S/C7H12O3S/c1-6(8)4-7-2-3-11(9,10)5-7/h7H,2-5H2,1H3. The van der Waals surface area contributed by atoms with Crippen LogP contribution in [0, 0.1) is 5.92 Å². The normalized spacial score (nSPS) is 28.6. The Balaban J connectivity index is 2.49. The van der Waals surface area contributed by atoms with Crippen molar-refractivity contribution < 1.29 is 13.2 Å². The lowest BCUT2D eigenvalue weighted by atomic mass is 10.0. The smallest absolute Gasteiger partial charge is 0.150 e. The van der Waals surface area contributed by atoms with E-state index in [1.54, 1.807) is 0 Å². The zero-order valence-corrected chi connectivity index (χ0v) is 7.36. The summed E-state index contributed by atoms with van der Waals surface area (Å²) in [6, 6.07) is 0. The van der Waals surface area contributed by atoms with Crippen LogP contribution in [0.15, 0.2) is 0 Å². The highest BCUT2D eigenvalue weighted by Gasteiger charge is 2.28. The number of rotatable bonds is 2. The maximum Gasteiger partial charge on any atom is 0.150 e. The van der Waals surface area contributed by atoms with E-state index in [0.717, 1.165) is 0 Å². The van der Waals surface area contributed by atoms with Crippen molar-refractivity contribution in [2.45, 2.75) is 19.8 Å². The summed E-state index contributed by atoms with van der Waals surface area (Å²) in [6.45, 7) is 1.50. The zero-order valence-electron chi connectivity index (χ0n) is 6.54. The van der Waals surface area contributed by atoms with E-state index in [4.69, 9.17) is 0 Å². The second kappa shape index (κ2) is 2.93. The molecular weight excluding hydrogens is 164 g/mol. The SMILES string of the molecule is CC(=O)CC1CCS(=O)(=O)C1. The van der Waals surface area contributed by atoms with Crippen LogP contribution in [0.3, 0.4) is 0 Å². The molecule has 4 heteroatoms. The van der Waals surface area contributed by atoms with E-state index in [-0.39, 0.29) is 23.2 Å². The van der Waals surface area contributed by atoms with Crippen LogP contribution in [0.5, 0.6) is 0 Å². The molecule has 0 aromatic heterocycles.